The Kier molecular flexibility index (Phi) is 5.51. The first kappa shape index (κ1) is 17.2. The fraction of sp³-hybridized carbons (Fsp3) is 0.533. The van der Waals surface area contributed by atoms with Crippen molar-refractivity contribution in [2.45, 2.75) is 26.1 Å². The van der Waals surface area contributed by atoms with E-state index in [2.05, 4.69) is 5.32 Å². The van der Waals surface area contributed by atoms with Crippen molar-refractivity contribution < 1.29 is 24.1 Å². The van der Waals surface area contributed by atoms with Crippen LogP contribution < -0.4 is 15.0 Å². The third-order valence-electron chi connectivity index (χ3n) is 3.70. The van der Waals surface area contributed by atoms with Gasteiger partial charge in [-0.1, -0.05) is 0 Å². The van der Waals surface area contributed by atoms with Gasteiger partial charge in [0, 0.05) is 0 Å². The Labute approximate surface area is 134 Å². The summed E-state index contributed by atoms with van der Waals surface area (Å²) in [6, 6.07) is 4.35. The minimum atomic E-state index is -0.538. The number of nitro groups is 1. The Hall–Kier alpha value is -2.19. The number of carbonyl (C=O) groups excluding carboxylic acids is 1. The van der Waals surface area contributed by atoms with E-state index in [0.717, 1.165) is 18.0 Å². The van der Waals surface area contributed by atoms with Crippen molar-refractivity contribution in [1.29, 1.82) is 0 Å². The number of amides is 1. The number of hydrogen-bond donors (Lipinski definition) is 2. The molecular formula is C15H22N3O5+. The largest absolute Gasteiger partial charge is 0.496 e. The summed E-state index contributed by atoms with van der Waals surface area (Å²) in [6.07, 6.45) is 0.189. The van der Waals surface area contributed by atoms with Gasteiger partial charge >= 0.3 is 0 Å². The molecule has 8 nitrogen and oxygen atoms in total. The molecule has 1 aromatic rings. The molecule has 2 atom stereocenters. The van der Waals surface area contributed by atoms with Gasteiger partial charge in [-0.05, 0) is 26.0 Å². The van der Waals surface area contributed by atoms with Gasteiger partial charge in [0.15, 0.2) is 6.54 Å². The summed E-state index contributed by atoms with van der Waals surface area (Å²) >= 11 is 0. The second-order valence-electron chi connectivity index (χ2n) is 5.78. The second-order valence-corrected chi connectivity index (χ2v) is 5.78. The fourth-order valence-corrected chi connectivity index (χ4v) is 2.85. The normalized spacial score (nSPS) is 24.0. The molecule has 0 bridgehead atoms. The number of rotatable bonds is 5. The zero-order valence-corrected chi connectivity index (χ0v) is 13.5. The lowest BCUT2D eigenvalue weighted by atomic mass is 10.2. The highest BCUT2D eigenvalue weighted by Gasteiger charge is 2.28. The first-order chi connectivity index (χ1) is 10.9. The molecule has 1 aromatic carbocycles. The van der Waals surface area contributed by atoms with Crippen molar-refractivity contribution in [3.8, 4) is 5.75 Å². The van der Waals surface area contributed by atoms with Crippen LogP contribution in [0.15, 0.2) is 18.2 Å². The van der Waals surface area contributed by atoms with Gasteiger partial charge in [-0.25, -0.2) is 0 Å². The number of hydrogen-bond acceptors (Lipinski definition) is 5. The van der Waals surface area contributed by atoms with Crippen LogP contribution in [-0.2, 0) is 9.53 Å². The van der Waals surface area contributed by atoms with Crippen molar-refractivity contribution in [3.63, 3.8) is 0 Å². The Morgan fingerprint density at radius 1 is 1.43 bits per heavy atom. The predicted molar refractivity (Wildman–Crippen MR) is 83.9 cm³/mol. The van der Waals surface area contributed by atoms with E-state index in [1.807, 2.05) is 13.8 Å². The Morgan fingerprint density at radius 2 is 2.09 bits per heavy atom. The molecule has 1 aliphatic rings. The number of benzene rings is 1. The first-order valence-corrected chi connectivity index (χ1v) is 7.50. The first-order valence-electron chi connectivity index (χ1n) is 7.50. The van der Waals surface area contributed by atoms with Gasteiger partial charge in [0.05, 0.1) is 18.1 Å². The molecule has 1 aliphatic heterocycles. The predicted octanol–water partition coefficient (Wildman–Crippen LogP) is 0.234. The summed E-state index contributed by atoms with van der Waals surface area (Å²) in [5.74, 6) is 0.116. The van der Waals surface area contributed by atoms with Gasteiger partial charge in [-0.15, -0.1) is 0 Å². The fourth-order valence-electron chi connectivity index (χ4n) is 2.85. The molecule has 0 spiro atoms. The molecule has 8 heteroatoms. The van der Waals surface area contributed by atoms with E-state index in [4.69, 9.17) is 9.47 Å². The monoisotopic (exact) mass is 324 g/mol. The van der Waals surface area contributed by atoms with Crippen LogP contribution >= 0.6 is 0 Å². The topological polar surface area (TPSA) is 95.1 Å². The summed E-state index contributed by atoms with van der Waals surface area (Å²) < 4.78 is 10.6. The van der Waals surface area contributed by atoms with Crippen LogP contribution in [-0.4, -0.2) is 49.8 Å². The third kappa shape index (κ3) is 4.64. The number of methoxy groups -OCH3 is 1. The zero-order valence-electron chi connectivity index (χ0n) is 13.5. The van der Waals surface area contributed by atoms with E-state index in [-0.39, 0.29) is 36.0 Å². The molecule has 2 rings (SSSR count). The summed E-state index contributed by atoms with van der Waals surface area (Å²) in [7, 11) is 1.43. The van der Waals surface area contributed by atoms with Gasteiger partial charge in [0.1, 0.15) is 36.7 Å². The maximum atomic E-state index is 12.2. The molecule has 23 heavy (non-hydrogen) atoms. The maximum Gasteiger partial charge on any atom is 0.296 e. The Bertz CT molecular complexity index is 582. The number of anilines is 1. The van der Waals surface area contributed by atoms with Gasteiger partial charge in [-0.2, -0.15) is 0 Å². The number of nitro benzene ring substituents is 1. The van der Waals surface area contributed by atoms with Crippen LogP contribution in [0.1, 0.15) is 13.8 Å². The van der Waals surface area contributed by atoms with E-state index < -0.39 is 4.92 Å². The smallest absolute Gasteiger partial charge is 0.296 e. The van der Waals surface area contributed by atoms with Crippen molar-refractivity contribution in [3.05, 3.63) is 28.3 Å². The number of nitrogens with zero attached hydrogens (tertiary/aromatic N) is 1. The number of quaternary nitrogens is 1. The highest BCUT2D eigenvalue weighted by Crippen LogP contribution is 2.28. The summed E-state index contributed by atoms with van der Waals surface area (Å²) in [6.45, 7) is 5.68. The number of nitrogens with one attached hydrogen (secondary N) is 2. The molecule has 1 fully saturated rings. The van der Waals surface area contributed by atoms with Gasteiger partial charge in [0.25, 0.3) is 11.6 Å². The van der Waals surface area contributed by atoms with Crippen LogP contribution in [0.4, 0.5) is 11.4 Å². The average molecular weight is 324 g/mol. The van der Waals surface area contributed by atoms with Crippen LogP contribution in [0.2, 0.25) is 0 Å². The van der Waals surface area contributed by atoms with Crippen molar-refractivity contribution >= 4 is 17.3 Å². The highest BCUT2D eigenvalue weighted by molar-refractivity contribution is 5.93. The Morgan fingerprint density at radius 3 is 2.65 bits per heavy atom. The molecule has 2 N–H and O–H groups in total. The molecule has 0 saturated carbocycles. The molecule has 0 aliphatic carbocycles. The van der Waals surface area contributed by atoms with Crippen molar-refractivity contribution in [2.24, 2.45) is 0 Å². The number of ether oxygens (including phenoxy) is 2. The molecular weight excluding hydrogens is 302 g/mol. The van der Waals surface area contributed by atoms with Crippen LogP contribution in [0, 0.1) is 10.1 Å². The van der Waals surface area contributed by atoms with Gasteiger partial charge < -0.3 is 19.7 Å². The number of carbonyl (C=O) groups is 1. The molecule has 1 amide bonds. The highest BCUT2D eigenvalue weighted by atomic mass is 16.6. The summed E-state index contributed by atoms with van der Waals surface area (Å²) in [5.41, 5.74) is -0.00836. The quantitative estimate of drug-likeness (QED) is 0.597. The lowest BCUT2D eigenvalue weighted by molar-refractivity contribution is -0.907. The molecule has 126 valence electrons. The zero-order chi connectivity index (χ0) is 17.0. The maximum absolute atomic E-state index is 12.2. The molecule has 0 radical (unpaired) electrons. The summed E-state index contributed by atoms with van der Waals surface area (Å²) in [4.78, 5) is 23.9. The molecule has 0 aromatic heterocycles. The van der Waals surface area contributed by atoms with E-state index in [1.165, 1.54) is 19.2 Å². The summed E-state index contributed by atoms with van der Waals surface area (Å²) in [5, 5.41) is 13.7. The molecule has 1 saturated heterocycles. The second kappa shape index (κ2) is 7.38. The lowest BCUT2D eigenvalue weighted by Gasteiger charge is -2.31. The van der Waals surface area contributed by atoms with Crippen LogP contribution in [0.25, 0.3) is 0 Å². The van der Waals surface area contributed by atoms with Gasteiger partial charge in [0.2, 0.25) is 0 Å². The van der Waals surface area contributed by atoms with Crippen molar-refractivity contribution in [1.82, 2.24) is 0 Å². The standard InChI is InChI=1S/C15H21N3O5/c1-10-7-17(8-11(2)23-10)9-15(19)16-13-5-4-12(22-3)6-14(13)18(20)21/h4-6,10-11H,7-9H2,1-3H3,(H,16,19)/p+1/t10-,11-/m1/s1. The van der Waals surface area contributed by atoms with Crippen LogP contribution in [0.5, 0.6) is 5.75 Å². The SMILES string of the molecule is COc1ccc(NC(=O)C[NH+]2C[C@@H](C)O[C@H](C)C2)c([N+](=O)[O-])c1. The third-order valence-corrected chi connectivity index (χ3v) is 3.70. The van der Waals surface area contributed by atoms with Crippen LogP contribution in [0.3, 0.4) is 0 Å². The average Bonchev–Trinajstić information content (AvgIpc) is 2.46. The minimum absolute atomic E-state index is 0.0943. The van der Waals surface area contributed by atoms with Crippen molar-refractivity contribution in [2.75, 3.05) is 32.1 Å². The lowest BCUT2D eigenvalue weighted by Crippen LogP contribution is -3.16. The molecule has 0 unspecified atom stereocenters. The van der Waals surface area contributed by atoms with Gasteiger partial charge in [-0.3, -0.25) is 14.9 Å². The van der Waals surface area contributed by atoms with E-state index >= 15 is 0 Å². The minimum Gasteiger partial charge on any atom is -0.496 e. The van der Waals surface area contributed by atoms with E-state index in [1.54, 1.807) is 6.07 Å². The van der Waals surface area contributed by atoms with E-state index in [9.17, 15) is 14.9 Å². The van der Waals surface area contributed by atoms with E-state index in [0.29, 0.717) is 5.75 Å². The number of morpholine rings is 1. The molecule has 1 heterocycles. The Balaban J connectivity index is 2.04.